The van der Waals surface area contributed by atoms with Gasteiger partial charge in [-0.3, -0.25) is 4.79 Å². The molecule has 29 heavy (non-hydrogen) atoms. The molecule has 0 bridgehead atoms. The number of rotatable bonds is 6. The zero-order valence-corrected chi connectivity index (χ0v) is 18.4. The number of benzene rings is 2. The Morgan fingerprint density at radius 3 is 2.66 bits per heavy atom. The van der Waals surface area contributed by atoms with E-state index < -0.39 is 15.9 Å². The van der Waals surface area contributed by atoms with Crippen molar-refractivity contribution in [1.82, 2.24) is 9.73 Å². The molecule has 0 saturated carbocycles. The van der Waals surface area contributed by atoms with Crippen molar-refractivity contribution in [3.05, 3.63) is 58.1 Å². The van der Waals surface area contributed by atoms with E-state index in [1.807, 2.05) is 6.07 Å². The molecule has 2 aromatic carbocycles. The number of carbonyl (C=O) groups excluding carboxylic acids is 1. The van der Waals surface area contributed by atoms with Crippen LogP contribution in [-0.4, -0.2) is 45.0 Å². The fourth-order valence-electron chi connectivity index (χ4n) is 3.08. The molecule has 1 saturated heterocycles. The van der Waals surface area contributed by atoms with Gasteiger partial charge in [0.1, 0.15) is 5.75 Å². The second-order valence-electron chi connectivity index (χ2n) is 6.58. The average molecular weight is 480 g/mol. The maximum atomic E-state index is 12.8. The van der Waals surface area contributed by atoms with Crippen molar-refractivity contribution in [2.45, 2.75) is 24.2 Å². The number of nitrogens with one attached hydrogen (secondary N) is 1. The minimum absolute atomic E-state index is 0.115. The maximum Gasteiger partial charge on any atom is 0.271 e. The highest BCUT2D eigenvalue weighted by atomic mass is 79.9. The summed E-state index contributed by atoms with van der Waals surface area (Å²) in [5, 5.41) is 3.96. The molecule has 7 nitrogen and oxygen atoms in total. The molecule has 0 unspecified atom stereocenters. The Balaban J connectivity index is 1.74. The Labute approximate surface area is 178 Å². The molecular formula is C20H22BrN3O4S. The molecule has 1 amide bonds. The van der Waals surface area contributed by atoms with Gasteiger partial charge in [-0.05, 0) is 49.2 Å². The maximum absolute atomic E-state index is 12.8. The molecule has 2 aromatic rings. The van der Waals surface area contributed by atoms with E-state index in [0.717, 1.165) is 23.7 Å². The lowest BCUT2D eigenvalue weighted by Crippen LogP contribution is -2.35. The molecule has 0 aliphatic carbocycles. The highest BCUT2D eigenvalue weighted by Gasteiger charge is 2.26. The number of methoxy groups -OCH3 is 1. The van der Waals surface area contributed by atoms with Crippen LogP contribution in [0.3, 0.4) is 0 Å². The molecule has 9 heteroatoms. The van der Waals surface area contributed by atoms with Gasteiger partial charge < -0.3 is 4.74 Å². The molecule has 154 valence electrons. The molecular weight excluding hydrogens is 458 g/mol. The van der Waals surface area contributed by atoms with E-state index in [0.29, 0.717) is 24.4 Å². The summed E-state index contributed by atoms with van der Waals surface area (Å²) in [5.74, 6) is 0.117. The molecule has 3 rings (SSSR count). The van der Waals surface area contributed by atoms with Gasteiger partial charge in [-0.25, -0.2) is 13.8 Å². The first kappa shape index (κ1) is 21.5. The summed E-state index contributed by atoms with van der Waals surface area (Å²) in [4.78, 5) is 12.6. The topological polar surface area (TPSA) is 88.1 Å². The van der Waals surface area contributed by atoms with E-state index in [1.165, 1.54) is 22.7 Å². The van der Waals surface area contributed by atoms with Gasteiger partial charge in [0.05, 0.1) is 18.2 Å². The highest BCUT2D eigenvalue weighted by molar-refractivity contribution is 9.10. The Bertz CT molecular complexity index is 1020. The summed E-state index contributed by atoms with van der Waals surface area (Å²) in [6, 6.07) is 11.4. The zero-order valence-electron chi connectivity index (χ0n) is 16.0. The molecule has 1 fully saturated rings. The minimum Gasteiger partial charge on any atom is -0.496 e. The van der Waals surface area contributed by atoms with Crippen LogP contribution in [-0.2, 0) is 10.0 Å². The highest BCUT2D eigenvalue weighted by Crippen LogP contribution is 2.22. The Kier molecular flexibility index (Phi) is 7.05. The first-order chi connectivity index (χ1) is 13.9. The largest absolute Gasteiger partial charge is 0.496 e. The SMILES string of the molecule is COc1ccc(Br)cc1/C=N/NC(=O)c1cccc(S(=O)(=O)N2CCCCC2)c1. The van der Waals surface area contributed by atoms with Crippen LogP contribution in [0.4, 0.5) is 0 Å². The molecule has 1 heterocycles. The minimum atomic E-state index is -3.60. The van der Waals surface area contributed by atoms with Gasteiger partial charge >= 0.3 is 0 Å². The van der Waals surface area contributed by atoms with E-state index in [9.17, 15) is 13.2 Å². The lowest BCUT2D eigenvalue weighted by molar-refractivity contribution is 0.0955. The monoisotopic (exact) mass is 479 g/mol. The third kappa shape index (κ3) is 5.23. The number of halogens is 1. The van der Waals surface area contributed by atoms with Crippen LogP contribution in [0.15, 0.2) is 56.9 Å². The standard InChI is InChI=1S/C20H22BrN3O4S/c1-28-19-9-8-17(21)12-16(19)14-22-23-20(25)15-6-5-7-18(13-15)29(26,27)24-10-3-2-4-11-24/h5-9,12-14H,2-4,10-11H2,1H3,(H,23,25)/b22-14+. The van der Waals surface area contributed by atoms with Gasteiger partial charge in [0, 0.05) is 28.7 Å². The fourth-order valence-corrected chi connectivity index (χ4v) is 5.03. The van der Waals surface area contributed by atoms with Gasteiger partial charge in [-0.15, -0.1) is 0 Å². The number of piperidine rings is 1. The molecule has 0 aromatic heterocycles. The predicted octanol–water partition coefficient (Wildman–Crippen LogP) is 3.40. The van der Waals surface area contributed by atoms with E-state index in [2.05, 4.69) is 26.5 Å². The number of ether oxygens (including phenoxy) is 1. The Hall–Kier alpha value is -2.23. The summed E-state index contributed by atoms with van der Waals surface area (Å²) in [5.41, 5.74) is 3.34. The van der Waals surface area contributed by atoms with Crippen LogP contribution in [0, 0.1) is 0 Å². The van der Waals surface area contributed by atoms with E-state index in [-0.39, 0.29) is 10.5 Å². The van der Waals surface area contributed by atoms with Crippen molar-refractivity contribution in [2.75, 3.05) is 20.2 Å². The van der Waals surface area contributed by atoms with Crippen LogP contribution in [0.25, 0.3) is 0 Å². The summed E-state index contributed by atoms with van der Waals surface area (Å²) in [7, 11) is -2.05. The van der Waals surface area contributed by atoms with Gasteiger partial charge in [-0.1, -0.05) is 28.4 Å². The Morgan fingerprint density at radius 1 is 1.17 bits per heavy atom. The van der Waals surface area contributed by atoms with E-state index in [1.54, 1.807) is 31.4 Å². The van der Waals surface area contributed by atoms with Crippen LogP contribution >= 0.6 is 15.9 Å². The molecule has 1 aliphatic heterocycles. The van der Waals surface area contributed by atoms with Crippen LogP contribution in [0.2, 0.25) is 0 Å². The molecule has 1 aliphatic rings. The third-order valence-corrected chi connectivity index (χ3v) is 7.00. The normalized spacial score (nSPS) is 15.4. The van der Waals surface area contributed by atoms with Gasteiger partial charge in [0.2, 0.25) is 10.0 Å². The number of carbonyl (C=O) groups is 1. The average Bonchev–Trinajstić information content (AvgIpc) is 2.74. The second-order valence-corrected chi connectivity index (χ2v) is 9.43. The molecule has 1 N–H and O–H groups in total. The quantitative estimate of drug-likeness (QED) is 0.507. The first-order valence-electron chi connectivity index (χ1n) is 9.19. The van der Waals surface area contributed by atoms with Crippen LogP contribution in [0.1, 0.15) is 35.2 Å². The molecule has 0 radical (unpaired) electrons. The smallest absolute Gasteiger partial charge is 0.271 e. The van der Waals surface area contributed by atoms with Gasteiger partial charge in [0.15, 0.2) is 0 Å². The van der Waals surface area contributed by atoms with E-state index in [4.69, 9.17) is 4.74 Å². The zero-order chi connectivity index (χ0) is 20.9. The number of hydrazone groups is 1. The fraction of sp³-hybridized carbons (Fsp3) is 0.300. The molecule has 0 spiro atoms. The number of amides is 1. The summed E-state index contributed by atoms with van der Waals surface area (Å²) in [6.07, 6.45) is 4.21. The van der Waals surface area contributed by atoms with Gasteiger partial charge in [-0.2, -0.15) is 9.41 Å². The summed E-state index contributed by atoms with van der Waals surface area (Å²) >= 11 is 3.38. The predicted molar refractivity (Wildman–Crippen MR) is 115 cm³/mol. The summed E-state index contributed by atoms with van der Waals surface area (Å²) < 4.78 is 33.2. The van der Waals surface area contributed by atoms with E-state index >= 15 is 0 Å². The number of hydrogen-bond donors (Lipinski definition) is 1. The lowest BCUT2D eigenvalue weighted by atomic mass is 10.2. The van der Waals surface area contributed by atoms with Crippen molar-refractivity contribution in [2.24, 2.45) is 5.10 Å². The Morgan fingerprint density at radius 2 is 1.93 bits per heavy atom. The van der Waals surface area contributed by atoms with Crippen molar-refractivity contribution >= 4 is 38.1 Å². The molecule has 0 atom stereocenters. The summed E-state index contributed by atoms with van der Waals surface area (Å²) in [6.45, 7) is 1.02. The lowest BCUT2D eigenvalue weighted by Gasteiger charge is -2.25. The van der Waals surface area contributed by atoms with Crippen LogP contribution < -0.4 is 10.2 Å². The van der Waals surface area contributed by atoms with Crippen molar-refractivity contribution in [1.29, 1.82) is 0 Å². The van der Waals surface area contributed by atoms with Gasteiger partial charge in [0.25, 0.3) is 5.91 Å². The van der Waals surface area contributed by atoms with Crippen molar-refractivity contribution in [3.8, 4) is 5.75 Å². The first-order valence-corrected chi connectivity index (χ1v) is 11.4. The van der Waals surface area contributed by atoms with Crippen molar-refractivity contribution < 1.29 is 17.9 Å². The number of hydrogen-bond acceptors (Lipinski definition) is 5. The van der Waals surface area contributed by atoms with Crippen molar-refractivity contribution in [3.63, 3.8) is 0 Å². The number of nitrogens with zero attached hydrogens (tertiary/aromatic N) is 2. The van der Waals surface area contributed by atoms with Crippen LogP contribution in [0.5, 0.6) is 5.75 Å². The second kappa shape index (κ2) is 9.51. The third-order valence-electron chi connectivity index (χ3n) is 4.61. The number of sulfonamides is 1.